The van der Waals surface area contributed by atoms with Crippen LogP contribution in [0.15, 0.2) is 0 Å². The highest BCUT2D eigenvalue weighted by molar-refractivity contribution is 6.31. The molecule has 0 radical (unpaired) electrons. The third-order valence-electron chi connectivity index (χ3n) is 3.84. The molecule has 2 atom stereocenters. The second-order valence-electron chi connectivity index (χ2n) is 5.51. The minimum Gasteiger partial charge on any atom is -0.382 e. The SMILES string of the molecule is CCCNC(Cc1c(Cl)c(CC)nn1CC)CC(C)OC. The van der Waals surface area contributed by atoms with Crippen LogP contribution in [0.25, 0.3) is 0 Å². The first-order chi connectivity index (χ1) is 10.1. The first-order valence-electron chi connectivity index (χ1n) is 8.07. The van der Waals surface area contributed by atoms with Gasteiger partial charge in [0.1, 0.15) is 0 Å². The van der Waals surface area contributed by atoms with Gasteiger partial charge < -0.3 is 10.1 Å². The molecule has 1 aromatic heterocycles. The number of aromatic nitrogens is 2. The van der Waals surface area contributed by atoms with Gasteiger partial charge in [-0.05, 0) is 39.7 Å². The molecule has 1 N–H and O–H groups in total. The molecule has 0 bridgehead atoms. The molecule has 0 fully saturated rings. The summed E-state index contributed by atoms with van der Waals surface area (Å²) in [7, 11) is 1.76. The lowest BCUT2D eigenvalue weighted by molar-refractivity contribution is 0.100. The Labute approximate surface area is 134 Å². The van der Waals surface area contributed by atoms with Crippen LogP contribution >= 0.6 is 11.6 Å². The predicted octanol–water partition coefficient (Wildman–Crippen LogP) is 3.45. The Hall–Kier alpha value is -0.580. The predicted molar refractivity (Wildman–Crippen MR) is 89.2 cm³/mol. The van der Waals surface area contributed by atoms with Gasteiger partial charge in [0.15, 0.2) is 0 Å². The van der Waals surface area contributed by atoms with E-state index in [2.05, 4.69) is 38.1 Å². The van der Waals surface area contributed by atoms with E-state index in [1.165, 1.54) is 0 Å². The molecule has 0 saturated carbocycles. The van der Waals surface area contributed by atoms with Crippen LogP contribution in [0.4, 0.5) is 0 Å². The lowest BCUT2D eigenvalue weighted by atomic mass is 10.0. The van der Waals surface area contributed by atoms with Crippen molar-refractivity contribution in [3.63, 3.8) is 0 Å². The van der Waals surface area contributed by atoms with Crippen LogP contribution in [-0.4, -0.2) is 35.6 Å². The fourth-order valence-electron chi connectivity index (χ4n) is 2.53. The summed E-state index contributed by atoms with van der Waals surface area (Å²) in [6.07, 6.45) is 4.11. The number of rotatable bonds is 10. The van der Waals surface area contributed by atoms with Crippen LogP contribution in [0.2, 0.25) is 5.02 Å². The number of methoxy groups -OCH3 is 1. The molecule has 0 aromatic carbocycles. The quantitative estimate of drug-likeness (QED) is 0.718. The highest BCUT2D eigenvalue weighted by atomic mass is 35.5. The van der Waals surface area contributed by atoms with E-state index in [4.69, 9.17) is 16.3 Å². The molecule has 1 heterocycles. The second kappa shape index (κ2) is 9.44. The van der Waals surface area contributed by atoms with Crippen molar-refractivity contribution >= 4 is 11.6 Å². The van der Waals surface area contributed by atoms with Gasteiger partial charge in [0, 0.05) is 26.1 Å². The number of nitrogens with zero attached hydrogens (tertiary/aromatic N) is 2. The van der Waals surface area contributed by atoms with E-state index in [0.29, 0.717) is 6.04 Å². The van der Waals surface area contributed by atoms with Gasteiger partial charge in [0.25, 0.3) is 0 Å². The van der Waals surface area contributed by atoms with Crippen molar-refractivity contribution in [1.82, 2.24) is 15.1 Å². The Balaban J connectivity index is 2.88. The average Bonchev–Trinajstić information content (AvgIpc) is 2.80. The number of hydrogen-bond donors (Lipinski definition) is 1. The molecule has 0 spiro atoms. The number of ether oxygens (including phenoxy) is 1. The first-order valence-corrected chi connectivity index (χ1v) is 8.45. The van der Waals surface area contributed by atoms with E-state index in [-0.39, 0.29) is 6.10 Å². The Morgan fingerprint density at radius 3 is 2.57 bits per heavy atom. The van der Waals surface area contributed by atoms with E-state index in [1.807, 2.05) is 4.68 Å². The van der Waals surface area contributed by atoms with Crippen molar-refractivity contribution in [1.29, 1.82) is 0 Å². The molecule has 0 saturated heterocycles. The Morgan fingerprint density at radius 1 is 1.33 bits per heavy atom. The number of aryl methyl sites for hydroxylation is 2. The molecule has 122 valence electrons. The lowest BCUT2D eigenvalue weighted by Crippen LogP contribution is -2.35. The van der Waals surface area contributed by atoms with Gasteiger partial charge in [-0.15, -0.1) is 0 Å². The maximum atomic E-state index is 6.51. The number of hydrogen-bond acceptors (Lipinski definition) is 3. The van der Waals surface area contributed by atoms with E-state index in [1.54, 1.807) is 7.11 Å². The molecule has 2 unspecified atom stereocenters. The standard InChI is InChI=1S/C16H30ClN3O/c1-6-9-18-13(10-12(4)21-5)11-15-16(17)14(7-2)19-20(15)8-3/h12-13,18H,6-11H2,1-5H3. The summed E-state index contributed by atoms with van der Waals surface area (Å²) in [5, 5.41) is 9.05. The third kappa shape index (κ3) is 5.28. The smallest absolute Gasteiger partial charge is 0.0850 e. The van der Waals surface area contributed by atoms with Gasteiger partial charge >= 0.3 is 0 Å². The topological polar surface area (TPSA) is 39.1 Å². The minimum absolute atomic E-state index is 0.238. The zero-order valence-electron chi connectivity index (χ0n) is 14.1. The molecule has 0 amide bonds. The first kappa shape index (κ1) is 18.5. The van der Waals surface area contributed by atoms with Crippen LogP contribution < -0.4 is 5.32 Å². The highest BCUT2D eigenvalue weighted by Crippen LogP contribution is 2.24. The van der Waals surface area contributed by atoms with Crippen LogP contribution in [0, 0.1) is 0 Å². The molecule has 21 heavy (non-hydrogen) atoms. The molecule has 1 rings (SSSR count). The summed E-state index contributed by atoms with van der Waals surface area (Å²) in [6.45, 7) is 10.4. The number of nitrogens with one attached hydrogen (secondary N) is 1. The molecule has 4 nitrogen and oxygen atoms in total. The van der Waals surface area contributed by atoms with Crippen LogP contribution in [0.5, 0.6) is 0 Å². The third-order valence-corrected chi connectivity index (χ3v) is 4.27. The molecule has 5 heteroatoms. The van der Waals surface area contributed by atoms with E-state index >= 15 is 0 Å². The Bertz CT molecular complexity index is 420. The van der Waals surface area contributed by atoms with Crippen molar-refractivity contribution in [2.75, 3.05) is 13.7 Å². The number of halogens is 1. The molecular formula is C16H30ClN3O. The van der Waals surface area contributed by atoms with Crippen LogP contribution in [0.1, 0.15) is 51.9 Å². The molecule has 1 aromatic rings. The van der Waals surface area contributed by atoms with Gasteiger partial charge in [0.2, 0.25) is 0 Å². The van der Waals surface area contributed by atoms with E-state index in [0.717, 1.165) is 55.2 Å². The fourth-order valence-corrected chi connectivity index (χ4v) is 2.88. The van der Waals surface area contributed by atoms with Crippen molar-refractivity contribution in [2.45, 2.75) is 72.1 Å². The van der Waals surface area contributed by atoms with Gasteiger partial charge in [-0.1, -0.05) is 25.4 Å². The van der Waals surface area contributed by atoms with Gasteiger partial charge in [-0.2, -0.15) is 5.10 Å². The Morgan fingerprint density at radius 2 is 2.05 bits per heavy atom. The summed E-state index contributed by atoms with van der Waals surface area (Å²) in [5.74, 6) is 0. The molecule has 0 aliphatic rings. The summed E-state index contributed by atoms with van der Waals surface area (Å²) >= 11 is 6.51. The van der Waals surface area contributed by atoms with E-state index in [9.17, 15) is 0 Å². The monoisotopic (exact) mass is 315 g/mol. The summed E-state index contributed by atoms with van der Waals surface area (Å²) in [5.41, 5.74) is 2.15. The second-order valence-corrected chi connectivity index (χ2v) is 5.89. The minimum atomic E-state index is 0.238. The van der Waals surface area contributed by atoms with E-state index < -0.39 is 0 Å². The molecule has 0 aliphatic heterocycles. The van der Waals surface area contributed by atoms with Crippen LogP contribution in [0.3, 0.4) is 0 Å². The van der Waals surface area contributed by atoms with Gasteiger partial charge in [0.05, 0.1) is 22.5 Å². The Kier molecular flexibility index (Phi) is 8.30. The van der Waals surface area contributed by atoms with Crippen molar-refractivity contribution < 1.29 is 4.74 Å². The van der Waals surface area contributed by atoms with Gasteiger partial charge in [-0.3, -0.25) is 4.68 Å². The largest absolute Gasteiger partial charge is 0.382 e. The van der Waals surface area contributed by atoms with Crippen molar-refractivity contribution in [3.05, 3.63) is 16.4 Å². The van der Waals surface area contributed by atoms with Gasteiger partial charge in [-0.25, -0.2) is 0 Å². The maximum Gasteiger partial charge on any atom is 0.0850 e. The molecular weight excluding hydrogens is 286 g/mol. The zero-order chi connectivity index (χ0) is 15.8. The fraction of sp³-hybridized carbons (Fsp3) is 0.812. The maximum absolute atomic E-state index is 6.51. The zero-order valence-corrected chi connectivity index (χ0v) is 14.8. The summed E-state index contributed by atoms with van der Waals surface area (Å²) in [4.78, 5) is 0. The van der Waals surface area contributed by atoms with Crippen LogP contribution in [-0.2, 0) is 24.1 Å². The van der Waals surface area contributed by atoms with Crippen molar-refractivity contribution in [2.24, 2.45) is 0 Å². The lowest BCUT2D eigenvalue weighted by Gasteiger charge is -2.22. The normalized spacial score (nSPS) is 14.4. The average molecular weight is 316 g/mol. The summed E-state index contributed by atoms with van der Waals surface area (Å²) < 4.78 is 7.46. The molecule has 0 aliphatic carbocycles. The van der Waals surface area contributed by atoms with Crippen molar-refractivity contribution in [3.8, 4) is 0 Å². The summed E-state index contributed by atoms with van der Waals surface area (Å²) in [6, 6.07) is 0.365. The highest BCUT2D eigenvalue weighted by Gasteiger charge is 2.20.